The van der Waals surface area contributed by atoms with Crippen molar-refractivity contribution in [3.8, 4) is 0 Å². The smallest absolute Gasteiger partial charge is 0.254 e. The zero-order valence-electron chi connectivity index (χ0n) is 17.3. The monoisotopic (exact) mass is 382 g/mol. The van der Waals surface area contributed by atoms with Gasteiger partial charge in [-0.25, -0.2) is 5.43 Å². The van der Waals surface area contributed by atoms with Crippen LogP contribution in [0.25, 0.3) is 6.08 Å². The lowest BCUT2D eigenvalue weighted by atomic mass is 9.95. The minimum absolute atomic E-state index is 0.157. The van der Waals surface area contributed by atoms with Gasteiger partial charge in [0, 0.05) is 36.5 Å². The van der Waals surface area contributed by atoms with Gasteiger partial charge in [-0.15, -0.1) is 0 Å². The first kappa shape index (κ1) is 20.1. The van der Waals surface area contributed by atoms with Gasteiger partial charge >= 0.3 is 0 Å². The molecule has 150 valence electrons. The van der Waals surface area contributed by atoms with E-state index in [0.717, 1.165) is 31.0 Å². The van der Waals surface area contributed by atoms with Crippen LogP contribution in [0.5, 0.6) is 0 Å². The highest BCUT2D eigenvalue weighted by atomic mass is 16.2. The zero-order chi connectivity index (χ0) is 20.3. The molecule has 2 aliphatic heterocycles. The largest absolute Gasteiger partial charge is 0.359 e. The average molecular weight is 383 g/mol. The third kappa shape index (κ3) is 3.94. The van der Waals surface area contributed by atoms with Crippen molar-refractivity contribution in [1.29, 1.82) is 0 Å². The molecule has 0 saturated heterocycles. The molecular formula is C21H30N6O. The normalized spacial score (nSPS) is 20.2. The highest BCUT2D eigenvalue weighted by molar-refractivity contribution is 6.24. The van der Waals surface area contributed by atoms with E-state index in [2.05, 4.69) is 71.4 Å². The van der Waals surface area contributed by atoms with Crippen LogP contribution >= 0.6 is 0 Å². The lowest BCUT2D eigenvalue weighted by molar-refractivity contribution is -0.120. The lowest BCUT2D eigenvalue weighted by Crippen LogP contribution is -2.32. The Bertz CT molecular complexity index is 854. The quantitative estimate of drug-likeness (QED) is 0.678. The van der Waals surface area contributed by atoms with Gasteiger partial charge in [0.15, 0.2) is 0 Å². The highest BCUT2D eigenvalue weighted by Crippen LogP contribution is 2.30. The molecule has 1 atom stereocenters. The van der Waals surface area contributed by atoms with Crippen LogP contribution in [0.15, 0.2) is 28.2 Å². The highest BCUT2D eigenvalue weighted by Gasteiger charge is 2.30. The van der Waals surface area contributed by atoms with E-state index in [-0.39, 0.29) is 5.91 Å². The van der Waals surface area contributed by atoms with Gasteiger partial charge in [-0.3, -0.25) is 14.7 Å². The molecular weight excluding hydrogens is 352 g/mol. The van der Waals surface area contributed by atoms with E-state index in [4.69, 9.17) is 0 Å². The summed E-state index contributed by atoms with van der Waals surface area (Å²) in [6.45, 7) is 13.9. The Kier molecular flexibility index (Phi) is 6.14. The number of H-pyrrole nitrogens is 1. The Balaban J connectivity index is 2.01. The fraction of sp³-hybridized carbons (Fsp3) is 0.476. The summed E-state index contributed by atoms with van der Waals surface area (Å²) in [6, 6.07) is 0. The number of carbonyl (C=O) groups is 1. The summed E-state index contributed by atoms with van der Waals surface area (Å²) in [5, 5.41) is 7.13. The Labute approximate surface area is 166 Å². The summed E-state index contributed by atoms with van der Waals surface area (Å²) < 4.78 is 0. The van der Waals surface area contributed by atoms with Gasteiger partial charge in [-0.05, 0) is 43.1 Å². The van der Waals surface area contributed by atoms with Gasteiger partial charge in [0.2, 0.25) is 0 Å². The number of aryl methyl sites for hydroxylation is 1. The number of amides is 1. The number of nitrogens with zero attached hydrogens (tertiary/aromatic N) is 3. The summed E-state index contributed by atoms with van der Waals surface area (Å²) in [4.78, 5) is 22.5. The third-order valence-electron chi connectivity index (χ3n) is 5.31. The average Bonchev–Trinajstić information content (AvgIpc) is 3.23. The number of rotatable bonds is 7. The van der Waals surface area contributed by atoms with Crippen molar-refractivity contribution in [3.63, 3.8) is 0 Å². The molecule has 0 bridgehead atoms. The molecule has 7 heteroatoms. The number of aliphatic imine (C=N–C) groups is 1. The molecule has 28 heavy (non-hydrogen) atoms. The lowest BCUT2D eigenvalue weighted by Gasteiger charge is -2.20. The number of aromatic amines is 1. The molecule has 0 aromatic carbocycles. The van der Waals surface area contributed by atoms with Crippen LogP contribution in [0.1, 0.15) is 56.1 Å². The van der Waals surface area contributed by atoms with E-state index >= 15 is 0 Å². The molecule has 1 amide bonds. The summed E-state index contributed by atoms with van der Waals surface area (Å²) >= 11 is 0. The van der Waals surface area contributed by atoms with Crippen LogP contribution in [0.4, 0.5) is 0 Å². The van der Waals surface area contributed by atoms with Gasteiger partial charge < -0.3 is 10.3 Å². The molecule has 7 nitrogen and oxygen atoms in total. The molecule has 2 aliphatic rings. The minimum Gasteiger partial charge on any atom is -0.359 e. The first-order valence-corrected chi connectivity index (χ1v) is 9.94. The first-order valence-electron chi connectivity index (χ1n) is 9.94. The number of hydrazone groups is 1. The van der Waals surface area contributed by atoms with Gasteiger partial charge in [-0.2, -0.15) is 5.10 Å². The van der Waals surface area contributed by atoms with Crippen molar-refractivity contribution in [1.82, 2.24) is 20.6 Å². The van der Waals surface area contributed by atoms with E-state index < -0.39 is 5.92 Å². The van der Waals surface area contributed by atoms with E-state index in [0.29, 0.717) is 11.6 Å². The molecule has 3 rings (SSSR count). The first-order chi connectivity index (χ1) is 13.5. The van der Waals surface area contributed by atoms with Gasteiger partial charge in [0.1, 0.15) is 5.92 Å². The number of hydrogen-bond acceptors (Lipinski definition) is 5. The van der Waals surface area contributed by atoms with Crippen LogP contribution in [-0.2, 0) is 11.3 Å². The van der Waals surface area contributed by atoms with E-state index in [1.54, 1.807) is 18.6 Å². The van der Waals surface area contributed by atoms with Gasteiger partial charge in [0.25, 0.3) is 5.91 Å². The van der Waals surface area contributed by atoms with Crippen molar-refractivity contribution in [3.05, 3.63) is 40.6 Å². The second-order valence-corrected chi connectivity index (χ2v) is 7.44. The molecule has 1 aromatic rings. The number of carbonyl (C=O) groups excluding carboxylic acids is 1. The number of aromatic nitrogens is 1. The zero-order valence-corrected chi connectivity index (χ0v) is 17.3. The Morgan fingerprint density at radius 3 is 2.64 bits per heavy atom. The summed E-state index contributed by atoms with van der Waals surface area (Å²) in [5.74, 6) is -0.258. The standard InChI is InChI=1S/C21H30N6O/c1-6-27(7-2)12-16-14(5)25-17(19(16)13(3)4)10-18-20(23-9-8-22-18)15-11-24-26-21(15)28/h8-11,13,15,22,25H,6-7,12H2,1-5H3,(H,26,28). The van der Waals surface area contributed by atoms with Crippen LogP contribution < -0.4 is 10.7 Å². The topological polar surface area (TPSA) is 84.9 Å². The van der Waals surface area contributed by atoms with Crippen molar-refractivity contribution < 1.29 is 4.79 Å². The van der Waals surface area contributed by atoms with Crippen LogP contribution in [0.3, 0.4) is 0 Å². The molecule has 0 saturated carbocycles. The molecule has 3 heterocycles. The van der Waals surface area contributed by atoms with Crippen LogP contribution in [-0.4, -0.2) is 40.8 Å². The van der Waals surface area contributed by atoms with Crippen LogP contribution in [0, 0.1) is 12.8 Å². The Morgan fingerprint density at radius 2 is 2.04 bits per heavy atom. The minimum atomic E-state index is -0.475. The molecule has 3 N–H and O–H groups in total. The fourth-order valence-electron chi connectivity index (χ4n) is 3.76. The van der Waals surface area contributed by atoms with E-state index in [1.807, 2.05) is 0 Å². The molecule has 0 radical (unpaired) electrons. The van der Waals surface area contributed by atoms with Crippen molar-refractivity contribution in [2.45, 2.75) is 47.1 Å². The van der Waals surface area contributed by atoms with Gasteiger partial charge in [-0.1, -0.05) is 27.7 Å². The van der Waals surface area contributed by atoms with Crippen molar-refractivity contribution >= 4 is 23.9 Å². The molecule has 1 aromatic heterocycles. The number of nitrogens with one attached hydrogen (secondary N) is 3. The SMILES string of the molecule is CCN(CC)Cc1c(C)[nH]c(C=C2NC=CN=C2C2C=NNC2=O)c1C(C)C. The van der Waals surface area contributed by atoms with Crippen molar-refractivity contribution in [2.24, 2.45) is 16.0 Å². The summed E-state index contributed by atoms with van der Waals surface area (Å²) in [7, 11) is 0. The maximum absolute atomic E-state index is 12.1. The molecule has 1 unspecified atom stereocenters. The van der Waals surface area contributed by atoms with E-state index in [1.165, 1.54) is 16.8 Å². The van der Waals surface area contributed by atoms with Gasteiger partial charge in [0.05, 0.1) is 11.4 Å². The predicted octanol–water partition coefficient (Wildman–Crippen LogP) is 2.88. The molecule has 0 fully saturated rings. The second-order valence-electron chi connectivity index (χ2n) is 7.44. The number of allylic oxidation sites excluding steroid dienone is 1. The summed E-state index contributed by atoms with van der Waals surface area (Å²) in [5.41, 5.74) is 8.90. The number of hydrogen-bond donors (Lipinski definition) is 3. The van der Waals surface area contributed by atoms with Crippen molar-refractivity contribution in [2.75, 3.05) is 13.1 Å². The second kappa shape index (κ2) is 8.56. The molecule has 0 aliphatic carbocycles. The maximum atomic E-state index is 12.1. The fourth-order valence-corrected chi connectivity index (χ4v) is 3.76. The third-order valence-corrected chi connectivity index (χ3v) is 5.31. The maximum Gasteiger partial charge on any atom is 0.254 e. The van der Waals surface area contributed by atoms with E-state index in [9.17, 15) is 4.79 Å². The summed E-state index contributed by atoms with van der Waals surface area (Å²) in [6.07, 6.45) is 7.11. The van der Waals surface area contributed by atoms with Crippen LogP contribution in [0.2, 0.25) is 0 Å². The Hall–Kier alpha value is -2.67. The Morgan fingerprint density at radius 1 is 1.29 bits per heavy atom. The molecule has 0 spiro atoms. The predicted molar refractivity (Wildman–Crippen MR) is 114 cm³/mol.